The van der Waals surface area contributed by atoms with Crippen LogP contribution in [0.3, 0.4) is 0 Å². The van der Waals surface area contributed by atoms with Crippen molar-refractivity contribution in [2.24, 2.45) is 0 Å². The molecule has 0 aliphatic rings. The van der Waals surface area contributed by atoms with E-state index in [1.54, 1.807) is 33.4 Å². The minimum Gasteiger partial charge on any atom is -0.506 e. The number of nitrogens with zero attached hydrogens (tertiary/aromatic N) is 3. The van der Waals surface area contributed by atoms with Crippen molar-refractivity contribution in [1.82, 2.24) is 14.1 Å². The number of ether oxygens (including phenoxy) is 1. The standard InChI is InChI=1S/C43H33F2N3O4/c1-25-34(19-27-10-11-28-6-3-4-7-30(28)18-27)36-20-31(44)13-16-38(36)47(25)23-41(50)52-42(51)24-48-26(2)35(37-21-32(45)14-17-39(37)48)22-33-15-12-29-8-5-9-40(49)43(29)46-33/h3-18,20-21,49H,19,22-24H2,1-2H3. The third-order valence-electron chi connectivity index (χ3n) is 9.94. The summed E-state index contributed by atoms with van der Waals surface area (Å²) < 4.78 is 37.9. The second-order valence-corrected chi connectivity index (χ2v) is 13.2. The quantitative estimate of drug-likeness (QED) is 0.127. The van der Waals surface area contributed by atoms with E-state index in [1.165, 1.54) is 24.3 Å². The average Bonchev–Trinajstić information content (AvgIpc) is 3.52. The van der Waals surface area contributed by atoms with Crippen molar-refractivity contribution in [3.63, 3.8) is 0 Å². The Bertz CT molecular complexity index is 2730. The molecule has 7 nitrogen and oxygen atoms in total. The lowest BCUT2D eigenvalue weighted by atomic mass is 9.99. The number of benzene rings is 5. The van der Waals surface area contributed by atoms with E-state index in [0.29, 0.717) is 51.6 Å². The first-order valence-electron chi connectivity index (χ1n) is 17.0. The number of phenolic OH excluding ortho intramolecular Hbond substituents is 1. The predicted octanol–water partition coefficient (Wildman–Crippen LogP) is 8.85. The zero-order valence-corrected chi connectivity index (χ0v) is 28.5. The van der Waals surface area contributed by atoms with Gasteiger partial charge in [0.15, 0.2) is 0 Å². The van der Waals surface area contributed by atoms with Gasteiger partial charge in [-0.3, -0.25) is 0 Å². The number of carbonyl (C=O) groups is 2. The number of pyridine rings is 1. The maximum atomic E-state index is 14.5. The Morgan fingerprint density at radius 3 is 1.88 bits per heavy atom. The Hall–Kier alpha value is -6.35. The summed E-state index contributed by atoms with van der Waals surface area (Å²) in [5.74, 6) is -2.28. The van der Waals surface area contributed by atoms with Crippen LogP contribution in [0.15, 0.2) is 109 Å². The number of esters is 2. The van der Waals surface area contributed by atoms with E-state index < -0.39 is 17.8 Å². The number of aromatic hydroxyl groups is 1. The lowest BCUT2D eigenvalue weighted by molar-refractivity contribution is -0.160. The minimum absolute atomic E-state index is 0.0633. The van der Waals surface area contributed by atoms with Gasteiger partial charge in [-0.2, -0.15) is 0 Å². The molecule has 8 rings (SSSR count). The number of carbonyl (C=O) groups excluding carboxylic acids is 2. The lowest BCUT2D eigenvalue weighted by Gasteiger charge is -2.11. The summed E-state index contributed by atoms with van der Waals surface area (Å²) in [4.78, 5) is 31.3. The number of rotatable bonds is 8. The predicted molar refractivity (Wildman–Crippen MR) is 197 cm³/mol. The van der Waals surface area contributed by atoms with Crippen LogP contribution in [0, 0.1) is 25.5 Å². The normalized spacial score (nSPS) is 11.6. The zero-order valence-electron chi connectivity index (χ0n) is 28.5. The van der Waals surface area contributed by atoms with Gasteiger partial charge in [0.25, 0.3) is 0 Å². The second-order valence-electron chi connectivity index (χ2n) is 13.2. The van der Waals surface area contributed by atoms with Gasteiger partial charge in [-0.1, -0.05) is 60.7 Å². The van der Waals surface area contributed by atoms with Gasteiger partial charge in [0.2, 0.25) is 0 Å². The SMILES string of the molecule is Cc1c(Cc2ccc3ccccc3c2)c2cc(F)ccc2n1CC(=O)OC(=O)Cn1c(C)c(Cc2ccc3cccc(O)c3n2)c2cc(F)ccc21. The number of fused-ring (bicyclic) bond motifs is 4. The molecule has 258 valence electrons. The summed E-state index contributed by atoms with van der Waals surface area (Å²) in [6.45, 7) is 3.17. The van der Waals surface area contributed by atoms with E-state index in [0.717, 1.165) is 38.5 Å². The molecule has 8 aromatic rings. The smallest absolute Gasteiger partial charge is 0.333 e. The number of hydrogen-bond acceptors (Lipinski definition) is 5. The highest BCUT2D eigenvalue weighted by Gasteiger charge is 2.22. The summed E-state index contributed by atoms with van der Waals surface area (Å²) in [7, 11) is 0. The number of para-hydroxylation sites is 1. The van der Waals surface area contributed by atoms with E-state index in [9.17, 15) is 23.5 Å². The van der Waals surface area contributed by atoms with Gasteiger partial charge in [-0.15, -0.1) is 0 Å². The maximum Gasteiger partial charge on any atom is 0.333 e. The minimum atomic E-state index is -0.772. The van der Waals surface area contributed by atoms with Gasteiger partial charge in [0.05, 0.1) is 0 Å². The number of phenols is 1. The van der Waals surface area contributed by atoms with E-state index in [1.807, 2.05) is 62.4 Å². The van der Waals surface area contributed by atoms with Crippen LogP contribution >= 0.6 is 0 Å². The summed E-state index contributed by atoms with van der Waals surface area (Å²) in [6.07, 6.45) is 0.843. The Morgan fingerprint density at radius 1 is 0.654 bits per heavy atom. The number of hydrogen-bond donors (Lipinski definition) is 1. The summed E-state index contributed by atoms with van der Waals surface area (Å²) >= 11 is 0. The summed E-state index contributed by atoms with van der Waals surface area (Å²) in [5.41, 5.74) is 6.54. The van der Waals surface area contributed by atoms with E-state index >= 15 is 0 Å². The molecular weight excluding hydrogens is 660 g/mol. The van der Waals surface area contributed by atoms with Gasteiger partial charge in [0.1, 0.15) is 36.0 Å². The third kappa shape index (κ3) is 6.04. The molecule has 0 aliphatic carbocycles. The zero-order chi connectivity index (χ0) is 36.1. The Morgan fingerprint density at radius 2 is 1.23 bits per heavy atom. The molecule has 5 aromatic carbocycles. The molecule has 0 spiro atoms. The first-order valence-corrected chi connectivity index (χ1v) is 17.0. The Kier molecular flexibility index (Phi) is 8.26. The highest BCUT2D eigenvalue weighted by atomic mass is 19.1. The fourth-order valence-electron chi connectivity index (χ4n) is 7.36. The molecule has 0 fully saturated rings. The van der Waals surface area contributed by atoms with Crippen LogP contribution in [0.25, 0.3) is 43.5 Å². The largest absolute Gasteiger partial charge is 0.506 e. The summed E-state index contributed by atoms with van der Waals surface area (Å²) in [6, 6.07) is 32.0. The van der Waals surface area contributed by atoms with E-state index in [4.69, 9.17) is 4.74 Å². The van der Waals surface area contributed by atoms with Crippen molar-refractivity contribution in [2.45, 2.75) is 39.8 Å². The highest BCUT2D eigenvalue weighted by Crippen LogP contribution is 2.32. The second kappa shape index (κ2) is 13.1. The molecule has 9 heteroatoms. The van der Waals surface area contributed by atoms with Crippen LogP contribution in [-0.2, 0) is 40.3 Å². The van der Waals surface area contributed by atoms with Crippen molar-refractivity contribution in [3.8, 4) is 5.75 Å². The van der Waals surface area contributed by atoms with Crippen molar-refractivity contribution in [1.29, 1.82) is 0 Å². The fraction of sp³-hybridized carbons (Fsp3) is 0.140. The number of aromatic nitrogens is 3. The van der Waals surface area contributed by atoms with Crippen molar-refractivity contribution in [2.75, 3.05) is 0 Å². The Balaban J connectivity index is 1.04. The number of halogens is 2. The first kappa shape index (κ1) is 32.8. The van der Waals surface area contributed by atoms with Gasteiger partial charge in [0, 0.05) is 50.7 Å². The van der Waals surface area contributed by atoms with Crippen LogP contribution < -0.4 is 0 Å². The molecule has 0 amide bonds. The molecule has 0 saturated carbocycles. The monoisotopic (exact) mass is 693 g/mol. The van der Waals surface area contributed by atoms with Crippen molar-refractivity contribution in [3.05, 3.63) is 155 Å². The van der Waals surface area contributed by atoms with E-state index in [2.05, 4.69) is 17.1 Å². The topological polar surface area (TPSA) is 86.3 Å². The third-order valence-corrected chi connectivity index (χ3v) is 9.94. The molecule has 0 saturated heterocycles. The van der Waals surface area contributed by atoms with Crippen LogP contribution in [0.1, 0.15) is 33.8 Å². The van der Waals surface area contributed by atoms with Gasteiger partial charge in [-0.25, -0.2) is 23.4 Å². The van der Waals surface area contributed by atoms with Crippen LogP contribution in [0.5, 0.6) is 5.75 Å². The van der Waals surface area contributed by atoms with E-state index in [-0.39, 0.29) is 24.7 Å². The maximum absolute atomic E-state index is 14.5. The van der Waals surface area contributed by atoms with Gasteiger partial charge >= 0.3 is 11.9 Å². The Labute approximate surface area is 297 Å². The van der Waals surface area contributed by atoms with Crippen LogP contribution in [0.4, 0.5) is 8.78 Å². The molecule has 3 aromatic heterocycles. The summed E-state index contributed by atoms with van der Waals surface area (Å²) in [5, 5.41) is 14.7. The molecule has 0 atom stereocenters. The van der Waals surface area contributed by atoms with Gasteiger partial charge in [-0.05, 0) is 96.3 Å². The molecule has 3 heterocycles. The highest BCUT2D eigenvalue weighted by molar-refractivity contribution is 5.92. The van der Waals surface area contributed by atoms with Crippen LogP contribution in [0.2, 0.25) is 0 Å². The molecule has 0 unspecified atom stereocenters. The van der Waals surface area contributed by atoms with Crippen molar-refractivity contribution < 1.29 is 28.2 Å². The van der Waals surface area contributed by atoms with Crippen molar-refractivity contribution >= 4 is 55.4 Å². The average molecular weight is 694 g/mol. The molecule has 1 N–H and O–H groups in total. The fourth-order valence-corrected chi connectivity index (χ4v) is 7.36. The molecule has 0 radical (unpaired) electrons. The van der Waals surface area contributed by atoms with Gasteiger partial charge < -0.3 is 19.0 Å². The first-order chi connectivity index (χ1) is 25.1. The molecule has 0 bridgehead atoms. The molecule has 52 heavy (non-hydrogen) atoms. The van der Waals surface area contributed by atoms with Crippen LogP contribution in [-0.4, -0.2) is 31.2 Å². The molecule has 0 aliphatic heterocycles. The lowest BCUT2D eigenvalue weighted by Crippen LogP contribution is -2.22. The molecular formula is C43H33F2N3O4.